The van der Waals surface area contributed by atoms with Crippen LogP contribution in [0.1, 0.15) is 24.1 Å². The molecular weight excluding hydrogens is 260 g/mol. The Bertz CT molecular complexity index is 613. The molecule has 0 spiro atoms. The van der Waals surface area contributed by atoms with E-state index >= 15 is 0 Å². The summed E-state index contributed by atoms with van der Waals surface area (Å²) < 4.78 is 0. The second-order valence-electron chi connectivity index (χ2n) is 5.85. The molecule has 110 valence electrons. The summed E-state index contributed by atoms with van der Waals surface area (Å²) in [6.07, 6.45) is 4.03. The van der Waals surface area contributed by atoms with E-state index in [1.54, 1.807) is 0 Å². The molecule has 0 aliphatic carbocycles. The Labute approximate surface area is 126 Å². The minimum absolute atomic E-state index is 0.342. The van der Waals surface area contributed by atoms with Crippen LogP contribution in [-0.4, -0.2) is 29.1 Å². The maximum absolute atomic E-state index is 5.97. The van der Waals surface area contributed by atoms with Gasteiger partial charge in [-0.25, -0.2) is 9.97 Å². The van der Waals surface area contributed by atoms with Crippen LogP contribution in [0.5, 0.6) is 0 Å². The van der Waals surface area contributed by atoms with E-state index in [1.807, 2.05) is 6.20 Å². The summed E-state index contributed by atoms with van der Waals surface area (Å²) in [5.41, 5.74) is 10.5. The van der Waals surface area contributed by atoms with Crippen LogP contribution < -0.4 is 10.6 Å². The molecular formula is C17H22N4. The summed E-state index contributed by atoms with van der Waals surface area (Å²) in [5, 5.41) is 0. The average molecular weight is 282 g/mol. The van der Waals surface area contributed by atoms with Crippen LogP contribution in [0.3, 0.4) is 0 Å². The molecule has 4 nitrogen and oxygen atoms in total. The van der Waals surface area contributed by atoms with Crippen molar-refractivity contribution in [2.45, 2.75) is 32.7 Å². The maximum atomic E-state index is 5.97. The molecule has 3 rings (SSSR count). The fourth-order valence-electron chi connectivity index (χ4n) is 2.75. The van der Waals surface area contributed by atoms with Gasteiger partial charge in [0.1, 0.15) is 0 Å². The van der Waals surface area contributed by atoms with Crippen LogP contribution in [0, 0.1) is 13.8 Å². The Balaban J connectivity index is 1.84. The van der Waals surface area contributed by atoms with Gasteiger partial charge in [0.05, 0.1) is 17.6 Å². The van der Waals surface area contributed by atoms with Gasteiger partial charge in [0.15, 0.2) is 5.82 Å². The molecule has 2 heterocycles. The number of piperidine rings is 1. The lowest BCUT2D eigenvalue weighted by Gasteiger charge is -2.32. The van der Waals surface area contributed by atoms with Crippen molar-refractivity contribution >= 4 is 5.69 Å². The Morgan fingerprint density at radius 3 is 2.38 bits per heavy atom. The highest BCUT2D eigenvalue weighted by molar-refractivity contribution is 5.59. The molecule has 4 heteroatoms. The second-order valence-corrected chi connectivity index (χ2v) is 5.85. The molecule has 21 heavy (non-hydrogen) atoms. The first-order valence-corrected chi connectivity index (χ1v) is 7.54. The molecule has 0 saturated carbocycles. The van der Waals surface area contributed by atoms with E-state index in [-0.39, 0.29) is 0 Å². The molecule has 1 aliphatic rings. The van der Waals surface area contributed by atoms with Gasteiger partial charge >= 0.3 is 0 Å². The van der Waals surface area contributed by atoms with Gasteiger partial charge in [-0.15, -0.1) is 0 Å². The predicted octanol–water partition coefficient (Wildman–Crippen LogP) is 2.69. The van der Waals surface area contributed by atoms with Crippen molar-refractivity contribution < 1.29 is 0 Å². The summed E-state index contributed by atoms with van der Waals surface area (Å²) >= 11 is 0. The number of nitrogens with zero attached hydrogens (tertiary/aromatic N) is 3. The third-order valence-electron chi connectivity index (χ3n) is 4.14. The Kier molecular flexibility index (Phi) is 3.88. The first-order chi connectivity index (χ1) is 10.1. The smallest absolute Gasteiger partial charge is 0.159 e. The van der Waals surface area contributed by atoms with Crippen LogP contribution in [-0.2, 0) is 0 Å². The fourth-order valence-corrected chi connectivity index (χ4v) is 2.75. The minimum atomic E-state index is 0.342. The van der Waals surface area contributed by atoms with Gasteiger partial charge in [-0.2, -0.15) is 0 Å². The minimum Gasteiger partial charge on any atom is -0.369 e. The van der Waals surface area contributed by atoms with Crippen LogP contribution in [0.25, 0.3) is 11.4 Å². The van der Waals surface area contributed by atoms with Gasteiger partial charge < -0.3 is 10.6 Å². The Morgan fingerprint density at radius 2 is 1.76 bits per heavy atom. The van der Waals surface area contributed by atoms with Crippen molar-refractivity contribution in [2.75, 3.05) is 18.0 Å². The molecule has 0 radical (unpaired) electrons. The zero-order valence-corrected chi connectivity index (χ0v) is 12.7. The van der Waals surface area contributed by atoms with Crippen molar-refractivity contribution in [1.29, 1.82) is 0 Å². The molecule has 0 unspecified atom stereocenters. The Morgan fingerprint density at radius 1 is 1.10 bits per heavy atom. The van der Waals surface area contributed by atoms with Crippen molar-refractivity contribution in [2.24, 2.45) is 5.73 Å². The van der Waals surface area contributed by atoms with E-state index in [0.29, 0.717) is 6.04 Å². The summed E-state index contributed by atoms with van der Waals surface area (Å²) in [6.45, 7) is 6.13. The fraction of sp³-hybridized carbons (Fsp3) is 0.412. The lowest BCUT2D eigenvalue weighted by Crippen LogP contribution is -2.40. The highest BCUT2D eigenvalue weighted by Crippen LogP contribution is 2.24. The molecule has 2 N–H and O–H groups in total. The van der Waals surface area contributed by atoms with Gasteiger partial charge in [-0.05, 0) is 26.7 Å². The molecule has 0 amide bonds. The number of benzene rings is 1. The van der Waals surface area contributed by atoms with Crippen LogP contribution in [0.2, 0.25) is 0 Å². The zero-order chi connectivity index (χ0) is 14.8. The van der Waals surface area contributed by atoms with E-state index < -0.39 is 0 Å². The topological polar surface area (TPSA) is 55.0 Å². The largest absolute Gasteiger partial charge is 0.369 e. The summed E-state index contributed by atoms with van der Waals surface area (Å²) in [6, 6.07) is 8.67. The highest BCUT2D eigenvalue weighted by Gasteiger charge is 2.18. The summed E-state index contributed by atoms with van der Waals surface area (Å²) in [5.74, 6) is 0.796. The molecule has 0 atom stereocenters. The number of rotatable bonds is 2. The third-order valence-corrected chi connectivity index (χ3v) is 4.14. The molecule has 1 fully saturated rings. The molecule has 1 aromatic carbocycles. The summed E-state index contributed by atoms with van der Waals surface area (Å²) in [4.78, 5) is 11.6. The molecule has 0 bridgehead atoms. The lowest BCUT2D eigenvalue weighted by molar-refractivity contribution is 0.500. The summed E-state index contributed by atoms with van der Waals surface area (Å²) in [7, 11) is 0. The number of hydrogen-bond donors (Lipinski definition) is 1. The molecule has 1 aromatic heterocycles. The number of nitrogens with two attached hydrogens (primary N) is 1. The van der Waals surface area contributed by atoms with Crippen LogP contribution in [0.15, 0.2) is 30.5 Å². The van der Waals surface area contributed by atoms with E-state index in [0.717, 1.165) is 48.7 Å². The maximum Gasteiger partial charge on any atom is 0.159 e. The van der Waals surface area contributed by atoms with Crippen molar-refractivity contribution in [3.63, 3.8) is 0 Å². The van der Waals surface area contributed by atoms with E-state index in [2.05, 4.69) is 53.0 Å². The first kappa shape index (κ1) is 14.0. The van der Waals surface area contributed by atoms with E-state index in [1.165, 1.54) is 5.56 Å². The molecule has 1 aliphatic heterocycles. The third kappa shape index (κ3) is 3.05. The van der Waals surface area contributed by atoms with Gasteiger partial charge in [0.25, 0.3) is 0 Å². The van der Waals surface area contributed by atoms with Crippen LogP contribution in [0.4, 0.5) is 5.69 Å². The zero-order valence-electron chi connectivity index (χ0n) is 12.7. The predicted molar refractivity (Wildman–Crippen MR) is 86.4 cm³/mol. The van der Waals surface area contributed by atoms with Crippen LogP contribution >= 0.6 is 0 Å². The van der Waals surface area contributed by atoms with Gasteiger partial charge in [0.2, 0.25) is 0 Å². The number of aryl methyl sites for hydroxylation is 2. The van der Waals surface area contributed by atoms with Gasteiger partial charge in [-0.3, -0.25) is 0 Å². The molecule has 2 aromatic rings. The van der Waals surface area contributed by atoms with E-state index in [4.69, 9.17) is 5.73 Å². The Hall–Kier alpha value is -1.94. The monoisotopic (exact) mass is 282 g/mol. The second kappa shape index (κ2) is 5.82. The lowest BCUT2D eigenvalue weighted by atomic mass is 10.1. The van der Waals surface area contributed by atoms with Crippen molar-refractivity contribution in [3.8, 4) is 11.4 Å². The quantitative estimate of drug-likeness (QED) is 0.920. The van der Waals surface area contributed by atoms with Gasteiger partial charge in [0, 0.05) is 24.7 Å². The normalized spacial score (nSPS) is 16.2. The number of aromatic nitrogens is 2. The van der Waals surface area contributed by atoms with Crippen molar-refractivity contribution in [3.05, 3.63) is 41.7 Å². The van der Waals surface area contributed by atoms with Gasteiger partial charge in [-0.1, -0.05) is 29.8 Å². The molecule has 1 saturated heterocycles. The van der Waals surface area contributed by atoms with E-state index in [9.17, 15) is 0 Å². The first-order valence-electron chi connectivity index (χ1n) is 7.54. The van der Waals surface area contributed by atoms with Crippen molar-refractivity contribution in [1.82, 2.24) is 9.97 Å². The number of anilines is 1. The standard InChI is InChI=1S/C17H22N4/c1-12-3-5-14(6-4-12)17-19-11-16(13(2)20-17)21-9-7-15(18)8-10-21/h3-6,11,15H,7-10,18H2,1-2H3. The SMILES string of the molecule is Cc1ccc(-c2ncc(N3CCC(N)CC3)c(C)n2)cc1. The highest BCUT2D eigenvalue weighted by atomic mass is 15.2. The number of hydrogen-bond acceptors (Lipinski definition) is 4. The average Bonchev–Trinajstić information content (AvgIpc) is 2.49.